The highest BCUT2D eigenvalue weighted by atomic mass is 19.3. The van der Waals surface area contributed by atoms with Crippen LogP contribution < -0.4 is 10.1 Å². The number of halogens is 2. The number of ether oxygens (including phenoxy) is 2. The zero-order valence-corrected chi connectivity index (χ0v) is 13.5. The molecule has 0 spiro atoms. The van der Waals surface area contributed by atoms with E-state index in [0.29, 0.717) is 6.54 Å². The van der Waals surface area contributed by atoms with Gasteiger partial charge in [0.05, 0.1) is 13.0 Å². The highest BCUT2D eigenvalue weighted by Crippen LogP contribution is 2.27. The smallest absolute Gasteiger partial charge is 0.387 e. The molecular formula is C17H23F2NO3. The molecule has 128 valence electrons. The lowest BCUT2D eigenvalue weighted by Crippen LogP contribution is -2.35. The molecule has 1 aliphatic carbocycles. The second-order valence-electron chi connectivity index (χ2n) is 5.94. The summed E-state index contributed by atoms with van der Waals surface area (Å²) in [6.45, 7) is -0.443. The fraction of sp³-hybridized carbons (Fsp3) is 0.588. The zero-order chi connectivity index (χ0) is 16.8. The number of aryl methyl sites for hydroxylation is 1. The van der Waals surface area contributed by atoms with Crippen molar-refractivity contribution in [2.24, 2.45) is 5.92 Å². The van der Waals surface area contributed by atoms with Crippen molar-refractivity contribution in [2.45, 2.75) is 51.8 Å². The largest absolute Gasteiger partial charge is 0.469 e. The maximum absolute atomic E-state index is 12.5. The maximum atomic E-state index is 12.5. The van der Waals surface area contributed by atoms with Crippen LogP contribution in [0.4, 0.5) is 8.78 Å². The van der Waals surface area contributed by atoms with Gasteiger partial charge in [-0.2, -0.15) is 8.78 Å². The fourth-order valence-electron chi connectivity index (χ4n) is 3.01. The summed E-state index contributed by atoms with van der Waals surface area (Å²) >= 11 is 0. The van der Waals surface area contributed by atoms with E-state index in [1.54, 1.807) is 12.1 Å². The average molecular weight is 327 g/mol. The van der Waals surface area contributed by atoms with Gasteiger partial charge in [0, 0.05) is 18.2 Å². The molecule has 1 aliphatic rings. The van der Waals surface area contributed by atoms with Crippen LogP contribution in [0.5, 0.6) is 5.75 Å². The van der Waals surface area contributed by atoms with Crippen LogP contribution in [0.1, 0.15) is 36.8 Å². The molecular weight excluding hydrogens is 304 g/mol. The molecule has 0 heterocycles. The third-order valence-electron chi connectivity index (χ3n) is 4.27. The van der Waals surface area contributed by atoms with E-state index in [1.165, 1.54) is 7.11 Å². The van der Waals surface area contributed by atoms with Crippen molar-refractivity contribution < 1.29 is 23.0 Å². The van der Waals surface area contributed by atoms with Gasteiger partial charge in [0.2, 0.25) is 0 Å². The molecule has 0 radical (unpaired) electrons. The van der Waals surface area contributed by atoms with E-state index in [9.17, 15) is 13.6 Å². The standard InChI is InChI=1S/C17H23F2NO3/c1-11-3-8-15(23-17(18)19)13(9-11)10-20-14-6-4-12(5-7-14)16(21)22-2/h3,8-9,12,14,17,20H,4-7,10H2,1-2H3. The normalized spacial score (nSPS) is 21.3. The lowest BCUT2D eigenvalue weighted by atomic mass is 9.86. The number of alkyl halides is 2. The Kier molecular flexibility index (Phi) is 6.33. The van der Waals surface area contributed by atoms with E-state index >= 15 is 0 Å². The first kappa shape index (κ1) is 17.7. The molecule has 0 atom stereocenters. The summed E-state index contributed by atoms with van der Waals surface area (Å²) in [5, 5.41) is 3.38. The van der Waals surface area contributed by atoms with Crippen LogP contribution in [0.2, 0.25) is 0 Å². The van der Waals surface area contributed by atoms with Crippen LogP contribution in [0.15, 0.2) is 18.2 Å². The Morgan fingerprint density at radius 3 is 2.61 bits per heavy atom. The Hall–Kier alpha value is -1.69. The molecule has 23 heavy (non-hydrogen) atoms. The highest BCUT2D eigenvalue weighted by molar-refractivity contribution is 5.72. The van der Waals surface area contributed by atoms with Crippen molar-refractivity contribution in [2.75, 3.05) is 7.11 Å². The second kappa shape index (κ2) is 8.24. The highest BCUT2D eigenvalue weighted by Gasteiger charge is 2.26. The molecule has 0 aromatic heterocycles. The molecule has 0 saturated heterocycles. The number of carbonyl (C=O) groups is 1. The molecule has 0 amide bonds. The van der Waals surface area contributed by atoms with Crippen LogP contribution in [0.3, 0.4) is 0 Å². The minimum absolute atomic E-state index is 0.0188. The van der Waals surface area contributed by atoms with Crippen molar-refractivity contribution in [3.05, 3.63) is 29.3 Å². The topological polar surface area (TPSA) is 47.6 Å². The predicted octanol–water partition coefficient (Wildman–Crippen LogP) is 3.42. The zero-order valence-electron chi connectivity index (χ0n) is 13.5. The van der Waals surface area contributed by atoms with E-state index in [1.807, 2.05) is 13.0 Å². The summed E-state index contributed by atoms with van der Waals surface area (Å²) in [7, 11) is 1.41. The molecule has 6 heteroatoms. The molecule has 1 aromatic carbocycles. The molecule has 2 rings (SSSR count). The van der Waals surface area contributed by atoms with Crippen LogP contribution in [-0.2, 0) is 16.1 Å². The number of hydrogen-bond donors (Lipinski definition) is 1. The van der Waals surface area contributed by atoms with E-state index in [0.717, 1.165) is 36.8 Å². The van der Waals surface area contributed by atoms with Crippen LogP contribution >= 0.6 is 0 Å². The van der Waals surface area contributed by atoms with E-state index in [4.69, 9.17) is 4.74 Å². The quantitative estimate of drug-likeness (QED) is 0.813. The lowest BCUT2D eigenvalue weighted by Gasteiger charge is -2.28. The molecule has 1 aromatic rings. The SMILES string of the molecule is COC(=O)C1CCC(NCc2cc(C)ccc2OC(F)F)CC1. The van der Waals surface area contributed by atoms with Crippen LogP contribution in [0, 0.1) is 12.8 Å². The molecule has 0 bridgehead atoms. The van der Waals surface area contributed by atoms with Gasteiger partial charge in [-0.25, -0.2) is 0 Å². The van der Waals surface area contributed by atoms with Crippen molar-refractivity contribution in [3.8, 4) is 5.75 Å². The minimum Gasteiger partial charge on any atom is -0.469 e. The number of methoxy groups -OCH3 is 1. The van der Waals surface area contributed by atoms with E-state index in [-0.39, 0.29) is 23.7 Å². The Bertz CT molecular complexity index is 529. The molecule has 4 nitrogen and oxygen atoms in total. The summed E-state index contributed by atoms with van der Waals surface area (Å²) in [4.78, 5) is 11.5. The maximum Gasteiger partial charge on any atom is 0.387 e. The van der Waals surface area contributed by atoms with Crippen molar-refractivity contribution in [3.63, 3.8) is 0 Å². The van der Waals surface area contributed by atoms with Crippen LogP contribution in [-0.4, -0.2) is 25.7 Å². The Balaban J connectivity index is 1.89. The van der Waals surface area contributed by atoms with E-state index < -0.39 is 6.61 Å². The van der Waals surface area contributed by atoms with Gasteiger partial charge in [0.1, 0.15) is 5.75 Å². The van der Waals surface area contributed by atoms with Crippen molar-refractivity contribution in [1.29, 1.82) is 0 Å². The third kappa shape index (κ3) is 5.16. The third-order valence-corrected chi connectivity index (χ3v) is 4.27. The van der Waals surface area contributed by atoms with Gasteiger partial charge < -0.3 is 14.8 Å². The van der Waals surface area contributed by atoms with Gasteiger partial charge in [0.25, 0.3) is 0 Å². The second-order valence-corrected chi connectivity index (χ2v) is 5.94. The first-order valence-corrected chi connectivity index (χ1v) is 7.85. The van der Waals surface area contributed by atoms with Gasteiger partial charge in [-0.1, -0.05) is 17.7 Å². The summed E-state index contributed by atoms with van der Waals surface area (Å²) in [6, 6.07) is 5.45. The predicted molar refractivity (Wildman–Crippen MR) is 82.4 cm³/mol. The summed E-state index contributed by atoms with van der Waals surface area (Å²) in [5.74, 6) is 0.0471. The van der Waals surface area contributed by atoms with Gasteiger partial charge in [-0.15, -0.1) is 0 Å². The Labute approximate surface area is 135 Å². The number of rotatable bonds is 6. The summed E-state index contributed by atoms with van der Waals surface area (Å²) in [5.41, 5.74) is 1.72. The number of nitrogens with one attached hydrogen (secondary N) is 1. The molecule has 0 aliphatic heterocycles. The molecule has 1 fully saturated rings. The molecule has 1 saturated carbocycles. The summed E-state index contributed by atoms with van der Waals surface area (Å²) in [6.07, 6.45) is 3.32. The monoisotopic (exact) mass is 327 g/mol. The number of benzene rings is 1. The number of hydrogen-bond acceptors (Lipinski definition) is 4. The van der Waals surface area contributed by atoms with Crippen molar-refractivity contribution in [1.82, 2.24) is 5.32 Å². The Morgan fingerprint density at radius 1 is 1.30 bits per heavy atom. The number of carbonyl (C=O) groups excluding carboxylic acids is 1. The summed E-state index contributed by atoms with van der Waals surface area (Å²) < 4.78 is 34.3. The average Bonchev–Trinajstić information content (AvgIpc) is 2.54. The first-order valence-electron chi connectivity index (χ1n) is 7.85. The molecule has 0 unspecified atom stereocenters. The van der Waals surface area contributed by atoms with Gasteiger partial charge in [-0.05, 0) is 38.7 Å². The lowest BCUT2D eigenvalue weighted by molar-refractivity contribution is -0.146. The first-order chi connectivity index (χ1) is 11.0. The van der Waals surface area contributed by atoms with Gasteiger partial charge in [-0.3, -0.25) is 4.79 Å². The van der Waals surface area contributed by atoms with E-state index in [2.05, 4.69) is 10.1 Å². The number of esters is 1. The van der Waals surface area contributed by atoms with Gasteiger partial charge >= 0.3 is 12.6 Å². The van der Waals surface area contributed by atoms with Crippen LogP contribution in [0.25, 0.3) is 0 Å². The Morgan fingerprint density at radius 2 is 2.00 bits per heavy atom. The molecule has 1 N–H and O–H groups in total. The van der Waals surface area contributed by atoms with Crippen molar-refractivity contribution >= 4 is 5.97 Å². The fourth-order valence-corrected chi connectivity index (χ4v) is 3.01. The van der Waals surface area contributed by atoms with Gasteiger partial charge in [0.15, 0.2) is 0 Å². The minimum atomic E-state index is -2.83.